The number of aromatic amines is 1. The van der Waals surface area contributed by atoms with Crippen LogP contribution in [0.4, 0.5) is 26.0 Å². The number of nitrogens with one attached hydrogen (secondary N) is 2. The molecule has 0 atom stereocenters. The molecule has 0 unspecified atom stereocenters. The number of rotatable bonds is 5. The average Bonchev–Trinajstić information content (AvgIpc) is 2.85. The van der Waals surface area contributed by atoms with E-state index < -0.39 is 17.2 Å². The molecule has 5 rings (SSSR count). The molecule has 184 valence electrons. The molecule has 4 aromatic rings. The van der Waals surface area contributed by atoms with Crippen molar-refractivity contribution in [2.75, 3.05) is 23.3 Å². The Morgan fingerprint density at radius 1 is 1.17 bits per heavy atom. The Kier molecular flexibility index (Phi) is 6.19. The van der Waals surface area contributed by atoms with Crippen LogP contribution in [0.5, 0.6) is 0 Å². The highest BCUT2D eigenvalue weighted by Crippen LogP contribution is 2.32. The zero-order valence-corrected chi connectivity index (χ0v) is 19.4. The van der Waals surface area contributed by atoms with Gasteiger partial charge in [0.15, 0.2) is 5.78 Å². The zero-order chi connectivity index (χ0) is 25.4. The number of anilines is 3. The molecule has 10 heteroatoms. The number of carbonyl (C=O) groups excluding carboxylic acids is 1. The van der Waals surface area contributed by atoms with Crippen molar-refractivity contribution in [1.29, 1.82) is 0 Å². The van der Waals surface area contributed by atoms with Crippen LogP contribution in [0.3, 0.4) is 0 Å². The maximum absolute atomic E-state index is 14.6. The predicted octanol–water partition coefficient (Wildman–Crippen LogP) is 4.17. The van der Waals surface area contributed by atoms with Gasteiger partial charge >= 0.3 is 0 Å². The molecule has 4 heterocycles. The monoisotopic (exact) mass is 491 g/mol. The molecule has 0 amide bonds. The molecular formula is C26H23F2N5O3. The summed E-state index contributed by atoms with van der Waals surface area (Å²) in [7, 11) is 0. The van der Waals surface area contributed by atoms with Gasteiger partial charge in [-0.25, -0.2) is 18.7 Å². The Bertz CT molecular complexity index is 1490. The Morgan fingerprint density at radius 3 is 2.53 bits per heavy atom. The van der Waals surface area contributed by atoms with Crippen LogP contribution in [0.15, 0.2) is 53.6 Å². The number of ketones is 1. The van der Waals surface area contributed by atoms with Crippen LogP contribution in [0.2, 0.25) is 0 Å². The predicted molar refractivity (Wildman–Crippen MR) is 133 cm³/mol. The van der Waals surface area contributed by atoms with E-state index in [4.69, 9.17) is 0 Å². The summed E-state index contributed by atoms with van der Waals surface area (Å²) < 4.78 is 29.2. The van der Waals surface area contributed by atoms with Gasteiger partial charge in [-0.2, -0.15) is 0 Å². The number of fused-ring (bicyclic) bond motifs is 1. The second-order valence-electron chi connectivity index (χ2n) is 8.71. The molecule has 0 saturated carbocycles. The highest BCUT2D eigenvalue weighted by Gasteiger charge is 2.21. The van der Waals surface area contributed by atoms with Crippen LogP contribution < -0.4 is 15.8 Å². The average molecular weight is 491 g/mol. The molecule has 36 heavy (non-hydrogen) atoms. The Labute approximate surface area is 204 Å². The van der Waals surface area contributed by atoms with Crippen molar-refractivity contribution >= 4 is 33.9 Å². The van der Waals surface area contributed by atoms with Crippen LogP contribution in [0.25, 0.3) is 22.2 Å². The molecule has 0 aliphatic carbocycles. The minimum absolute atomic E-state index is 0.0254. The molecule has 1 aliphatic heterocycles. The van der Waals surface area contributed by atoms with Crippen molar-refractivity contribution in [1.82, 2.24) is 15.0 Å². The Morgan fingerprint density at radius 2 is 1.89 bits per heavy atom. The van der Waals surface area contributed by atoms with Crippen molar-refractivity contribution in [3.8, 4) is 11.3 Å². The van der Waals surface area contributed by atoms with Gasteiger partial charge in [-0.05, 0) is 50.1 Å². The van der Waals surface area contributed by atoms with Gasteiger partial charge in [0.25, 0.3) is 5.56 Å². The van der Waals surface area contributed by atoms with E-state index >= 15 is 0 Å². The molecule has 3 aromatic heterocycles. The molecule has 0 bridgehead atoms. The van der Waals surface area contributed by atoms with Crippen LogP contribution in [0.1, 0.15) is 30.1 Å². The van der Waals surface area contributed by atoms with Crippen molar-refractivity contribution in [3.05, 3.63) is 76.3 Å². The highest BCUT2D eigenvalue weighted by molar-refractivity contribution is 6.08. The summed E-state index contributed by atoms with van der Waals surface area (Å²) in [4.78, 5) is 38.5. The van der Waals surface area contributed by atoms with Crippen molar-refractivity contribution in [3.63, 3.8) is 0 Å². The smallest absolute Gasteiger partial charge is 0.259 e. The standard InChI is InChI=1S/C26H23F2N5O3/c1-14(34)17-13-30-26(36)24-21(11-20(32-25(17)24)23-18(27)3-2-4-19(23)28)31-22-6-5-15(12-29-22)33-9-7-16(35)8-10-33/h2-6,11-13,16,35H,7-10H2,1H3,(H,30,36)(H,29,31,32). The van der Waals surface area contributed by atoms with E-state index in [1.165, 1.54) is 25.3 Å². The number of carbonyl (C=O) groups is 1. The number of aliphatic hydroxyl groups is 1. The normalized spacial score (nSPS) is 14.3. The lowest BCUT2D eigenvalue weighted by atomic mass is 10.0. The van der Waals surface area contributed by atoms with Gasteiger partial charge in [-0.1, -0.05) is 6.07 Å². The summed E-state index contributed by atoms with van der Waals surface area (Å²) in [6.07, 6.45) is 3.99. The summed E-state index contributed by atoms with van der Waals surface area (Å²) >= 11 is 0. The Hall–Kier alpha value is -4.18. The number of H-pyrrole nitrogens is 1. The Balaban J connectivity index is 1.61. The summed E-state index contributed by atoms with van der Waals surface area (Å²) in [5, 5.41) is 12.9. The number of hydrogen-bond donors (Lipinski definition) is 3. The summed E-state index contributed by atoms with van der Waals surface area (Å²) in [6, 6.07) is 8.42. The zero-order valence-electron chi connectivity index (χ0n) is 19.4. The quantitative estimate of drug-likeness (QED) is 0.359. The third kappa shape index (κ3) is 4.42. The first kappa shape index (κ1) is 23.6. The van der Waals surface area contributed by atoms with E-state index in [9.17, 15) is 23.5 Å². The molecule has 1 aliphatic rings. The van der Waals surface area contributed by atoms with Gasteiger partial charge < -0.3 is 20.3 Å². The van der Waals surface area contributed by atoms with Crippen LogP contribution in [0, 0.1) is 11.6 Å². The van der Waals surface area contributed by atoms with Gasteiger partial charge in [0.05, 0.1) is 51.4 Å². The SMILES string of the molecule is CC(=O)c1c[nH]c(=O)c2c(Nc3ccc(N4CCC(O)CC4)cn3)cc(-c3c(F)cccc3F)nc12. The number of pyridine rings is 3. The first-order valence-electron chi connectivity index (χ1n) is 11.5. The topological polar surface area (TPSA) is 111 Å². The van der Waals surface area contributed by atoms with E-state index in [2.05, 4.69) is 25.2 Å². The second-order valence-corrected chi connectivity index (χ2v) is 8.71. The second kappa shape index (κ2) is 9.46. The van der Waals surface area contributed by atoms with E-state index in [0.717, 1.165) is 17.8 Å². The fourth-order valence-corrected chi connectivity index (χ4v) is 4.39. The number of benzene rings is 1. The number of halogens is 2. The van der Waals surface area contributed by atoms with Gasteiger partial charge in [0, 0.05) is 19.3 Å². The highest BCUT2D eigenvalue weighted by atomic mass is 19.1. The molecule has 1 saturated heterocycles. The number of piperidine rings is 1. The lowest BCUT2D eigenvalue weighted by Crippen LogP contribution is -2.35. The number of nitrogens with zero attached hydrogens (tertiary/aromatic N) is 3. The maximum Gasteiger partial charge on any atom is 0.259 e. The minimum atomic E-state index is -0.823. The van der Waals surface area contributed by atoms with E-state index in [-0.39, 0.29) is 45.3 Å². The fraction of sp³-hybridized carbons (Fsp3) is 0.231. The van der Waals surface area contributed by atoms with Gasteiger partial charge in [-0.3, -0.25) is 9.59 Å². The first-order chi connectivity index (χ1) is 17.3. The lowest BCUT2D eigenvalue weighted by Gasteiger charge is -2.31. The van der Waals surface area contributed by atoms with Crippen LogP contribution >= 0.6 is 0 Å². The molecular weight excluding hydrogens is 468 g/mol. The van der Waals surface area contributed by atoms with Gasteiger partial charge in [-0.15, -0.1) is 0 Å². The third-order valence-electron chi connectivity index (χ3n) is 6.29. The first-order valence-corrected chi connectivity index (χ1v) is 11.5. The van der Waals surface area contributed by atoms with Gasteiger partial charge in [0.2, 0.25) is 0 Å². The van der Waals surface area contributed by atoms with E-state index in [1.807, 2.05) is 6.07 Å². The van der Waals surface area contributed by atoms with E-state index in [0.29, 0.717) is 31.7 Å². The fourth-order valence-electron chi connectivity index (χ4n) is 4.39. The number of Topliss-reactive ketones (excluding diaryl/α,β-unsaturated/α-hetero) is 1. The number of aliphatic hydroxyl groups excluding tert-OH is 1. The summed E-state index contributed by atoms with van der Waals surface area (Å²) in [5.41, 5.74) is 0.263. The molecule has 1 aromatic carbocycles. The maximum atomic E-state index is 14.6. The van der Waals surface area contributed by atoms with Crippen molar-refractivity contribution in [2.24, 2.45) is 0 Å². The number of hydrogen-bond acceptors (Lipinski definition) is 7. The molecule has 0 radical (unpaired) electrons. The van der Waals surface area contributed by atoms with Crippen LogP contribution in [-0.2, 0) is 0 Å². The molecule has 3 N–H and O–H groups in total. The number of aromatic nitrogens is 3. The summed E-state index contributed by atoms with van der Waals surface area (Å²) in [6.45, 7) is 2.74. The van der Waals surface area contributed by atoms with Gasteiger partial charge in [0.1, 0.15) is 17.5 Å². The van der Waals surface area contributed by atoms with Crippen LogP contribution in [-0.4, -0.2) is 45.0 Å². The third-order valence-corrected chi connectivity index (χ3v) is 6.29. The van der Waals surface area contributed by atoms with Crippen molar-refractivity contribution in [2.45, 2.75) is 25.9 Å². The van der Waals surface area contributed by atoms with Crippen molar-refractivity contribution < 1.29 is 18.7 Å². The molecule has 8 nitrogen and oxygen atoms in total. The summed E-state index contributed by atoms with van der Waals surface area (Å²) in [5.74, 6) is -1.63. The largest absolute Gasteiger partial charge is 0.393 e. The van der Waals surface area contributed by atoms with E-state index in [1.54, 1.807) is 12.3 Å². The minimum Gasteiger partial charge on any atom is -0.393 e. The molecule has 1 fully saturated rings. The molecule has 0 spiro atoms. The lowest BCUT2D eigenvalue weighted by molar-refractivity contribution is 0.101.